The first-order valence-corrected chi connectivity index (χ1v) is 5.69. The van der Waals surface area contributed by atoms with Crippen LogP contribution in [-0.2, 0) is 0 Å². The quantitative estimate of drug-likeness (QED) is 0.854. The molecule has 0 aliphatic rings. The van der Waals surface area contributed by atoms with Crippen molar-refractivity contribution in [3.8, 4) is 0 Å². The summed E-state index contributed by atoms with van der Waals surface area (Å²) in [6, 6.07) is 6.04. The number of aromatic amines is 1. The molecule has 0 radical (unpaired) electrons. The molecule has 1 unspecified atom stereocenters. The first kappa shape index (κ1) is 12.2. The summed E-state index contributed by atoms with van der Waals surface area (Å²) in [5.41, 5.74) is 3.43. The van der Waals surface area contributed by atoms with Gasteiger partial charge in [0.05, 0.1) is 6.04 Å². The van der Waals surface area contributed by atoms with E-state index in [1.807, 2.05) is 32.9 Å². The van der Waals surface area contributed by atoms with Crippen LogP contribution in [0.25, 0.3) is 0 Å². The molecule has 1 aromatic carbocycles. The minimum absolute atomic E-state index is 0.0478. The van der Waals surface area contributed by atoms with Crippen molar-refractivity contribution in [3.05, 3.63) is 40.7 Å². The Morgan fingerprint density at radius 2 is 2.17 bits per heavy atom. The van der Waals surface area contributed by atoms with Crippen molar-refractivity contribution < 1.29 is 4.79 Å². The number of tetrazole rings is 1. The van der Waals surface area contributed by atoms with Gasteiger partial charge < -0.3 is 5.32 Å². The molecule has 0 aliphatic heterocycles. The largest absolute Gasteiger partial charge is 0.343 e. The number of aromatic nitrogens is 4. The minimum Gasteiger partial charge on any atom is -0.343 e. The zero-order chi connectivity index (χ0) is 13.1. The van der Waals surface area contributed by atoms with Crippen LogP contribution >= 0.6 is 0 Å². The van der Waals surface area contributed by atoms with Gasteiger partial charge in [0.1, 0.15) is 0 Å². The van der Waals surface area contributed by atoms with E-state index in [9.17, 15) is 4.79 Å². The number of rotatable bonds is 3. The predicted molar refractivity (Wildman–Crippen MR) is 66.0 cm³/mol. The second-order valence-electron chi connectivity index (χ2n) is 4.29. The number of aryl methyl sites for hydroxylation is 2. The van der Waals surface area contributed by atoms with Gasteiger partial charge in [-0.25, -0.2) is 0 Å². The molecular weight excluding hydrogens is 230 g/mol. The summed E-state index contributed by atoms with van der Waals surface area (Å²) < 4.78 is 0. The van der Waals surface area contributed by atoms with Crippen molar-refractivity contribution in [1.29, 1.82) is 0 Å². The average molecular weight is 245 g/mol. The zero-order valence-corrected chi connectivity index (χ0v) is 10.6. The van der Waals surface area contributed by atoms with Crippen LogP contribution in [-0.4, -0.2) is 26.5 Å². The molecule has 6 heteroatoms. The van der Waals surface area contributed by atoms with E-state index in [2.05, 4.69) is 32.0 Å². The standard InChI is InChI=1S/C12H15N5O/c1-7-4-5-10(8(2)6-7)9(3)13-12(18)11-14-16-17-15-11/h4-6,9H,1-3H3,(H,13,18)(H,14,15,16,17). The third-order valence-electron chi connectivity index (χ3n) is 2.79. The van der Waals surface area contributed by atoms with Crippen LogP contribution in [0, 0.1) is 13.8 Å². The molecule has 0 bridgehead atoms. The number of carbonyl (C=O) groups is 1. The highest BCUT2D eigenvalue weighted by molar-refractivity contribution is 5.90. The van der Waals surface area contributed by atoms with Gasteiger partial charge in [-0.15, -0.1) is 10.2 Å². The highest BCUT2D eigenvalue weighted by atomic mass is 16.2. The Labute approximate surface area is 105 Å². The van der Waals surface area contributed by atoms with Crippen molar-refractivity contribution in [2.45, 2.75) is 26.8 Å². The van der Waals surface area contributed by atoms with E-state index in [-0.39, 0.29) is 17.8 Å². The third-order valence-corrected chi connectivity index (χ3v) is 2.79. The summed E-state index contributed by atoms with van der Waals surface area (Å²) >= 11 is 0. The van der Waals surface area contributed by atoms with Gasteiger partial charge in [-0.3, -0.25) is 4.79 Å². The van der Waals surface area contributed by atoms with Crippen LogP contribution in [0.1, 0.15) is 40.3 Å². The molecule has 2 N–H and O–H groups in total. The number of carbonyl (C=O) groups excluding carboxylic acids is 1. The predicted octanol–water partition coefficient (Wildman–Crippen LogP) is 1.31. The second-order valence-corrected chi connectivity index (χ2v) is 4.29. The summed E-state index contributed by atoms with van der Waals surface area (Å²) in [6.45, 7) is 5.99. The first-order valence-electron chi connectivity index (χ1n) is 5.69. The summed E-state index contributed by atoms with van der Waals surface area (Å²) in [5.74, 6) is -0.289. The zero-order valence-electron chi connectivity index (χ0n) is 10.6. The second kappa shape index (κ2) is 4.95. The maximum atomic E-state index is 11.8. The van der Waals surface area contributed by atoms with Gasteiger partial charge in [0.15, 0.2) is 0 Å². The Kier molecular flexibility index (Phi) is 3.36. The number of hydrogen-bond donors (Lipinski definition) is 2. The molecule has 2 aromatic rings. The Morgan fingerprint density at radius 3 is 2.78 bits per heavy atom. The van der Waals surface area contributed by atoms with Gasteiger partial charge in [-0.1, -0.05) is 23.8 Å². The highest BCUT2D eigenvalue weighted by Gasteiger charge is 2.15. The first-order chi connectivity index (χ1) is 8.58. The number of benzene rings is 1. The van der Waals surface area contributed by atoms with Gasteiger partial charge in [0.2, 0.25) is 0 Å². The van der Waals surface area contributed by atoms with Gasteiger partial charge in [-0.2, -0.15) is 5.21 Å². The molecule has 0 spiro atoms. The SMILES string of the molecule is Cc1ccc(C(C)NC(=O)c2nn[nH]n2)c(C)c1. The Balaban J connectivity index is 2.12. The van der Waals surface area contributed by atoms with E-state index < -0.39 is 0 Å². The van der Waals surface area contributed by atoms with Gasteiger partial charge in [-0.05, 0) is 37.1 Å². The molecule has 1 amide bonds. The summed E-state index contributed by atoms with van der Waals surface area (Å²) in [4.78, 5) is 11.8. The normalized spacial score (nSPS) is 12.2. The number of hydrogen-bond acceptors (Lipinski definition) is 4. The van der Waals surface area contributed by atoms with Gasteiger partial charge in [0.25, 0.3) is 11.7 Å². The maximum Gasteiger partial charge on any atom is 0.293 e. The number of nitrogens with zero attached hydrogens (tertiary/aromatic N) is 3. The molecule has 0 aliphatic carbocycles. The van der Waals surface area contributed by atoms with Crippen molar-refractivity contribution in [3.63, 3.8) is 0 Å². The minimum atomic E-state index is -0.337. The maximum absolute atomic E-state index is 11.8. The molecule has 94 valence electrons. The van der Waals surface area contributed by atoms with E-state index >= 15 is 0 Å². The molecule has 0 saturated carbocycles. The van der Waals surface area contributed by atoms with Crippen molar-refractivity contribution in [1.82, 2.24) is 25.9 Å². The van der Waals surface area contributed by atoms with E-state index in [0.29, 0.717) is 0 Å². The Hall–Kier alpha value is -2.24. The molecule has 2 rings (SSSR count). The Morgan fingerprint density at radius 1 is 1.39 bits per heavy atom. The fraction of sp³-hybridized carbons (Fsp3) is 0.333. The molecular formula is C12H15N5O. The van der Waals surface area contributed by atoms with Crippen LogP contribution in [0.3, 0.4) is 0 Å². The summed E-state index contributed by atoms with van der Waals surface area (Å²) in [7, 11) is 0. The summed E-state index contributed by atoms with van der Waals surface area (Å²) in [5, 5.41) is 15.7. The fourth-order valence-corrected chi connectivity index (χ4v) is 1.91. The third kappa shape index (κ3) is 2.53. The van der Waals surface area contributed by atoms with Crippen LogP contribution in [0.4, 0.5) is 0 Å². The van der Waals surface area contributed by atoms with Crippen molar-refractivity contribution in [2.24, 2.45) is 0 Å². The topological polar surface area (TPSA) is 83.6 Å². The average Bonchev–Trinajstić information content (AvgIpc) is 2.81. The molecule has 1 aromatic heterocycles. The van der Waals surface area contributed by atoms with Crippen LogP contribution in [0.5, 0.6) is 0 Å². The van der Waals surface area contributed by atoms with Crippen LogP contribution in [0.2, 0.25) is 0 Å². The lowest BCUT2D eigenvalue weighted by Gasteiger charge is -2.16. The van der Waals surface area contributed by atoms with Crippen molar-refractivity contribution >= 4 is 5.91 Å². The lowest BCUT2D eigenvalue weighted by molar-refractivity contribution is 0.0929. The van der Waals surface area contributed by atoms with Gasteiger partial charge in [0, 0.05) is 0 Å². The lowest BCUT2D eigenvalue weighted by Crippen LogP contribution is -2.28. The smallest absolute Gasteiger partial charge is 0.293 e. The molecule has 0 saturated heterocycles. The molecule has 1 heterocycles. The lowest BCUT2D eigenvalue weighted by atomic mass is 10.0. The van der Waals surface area contributed by atoms with Crippen LogP contribution in [0.15, 0.2) is 18.2 Å². The number of H-pyrrole nitrogens is 1. The highest BCUT2D eigenvalue weighted by Crippen LogP contribution is 2.18. The van der Waals surface area contributed by atoms with Crippen molar-refractivity contribution in [2.75, 3.05) is 0 Å². The van der Waals surface area contributed by atoms with E-state index in [1.165, 1.54) is 5.56 Å². The fourth-order valence-electron chi connectivity index (χ4n) is 1.91. The molecule has 6 nitrogen and oxygen atoms in total. The molecule has 1 atom stereocenters. The monoisotopic (exact) mass is 245 g/mol. The number of amides is 1. The van der Waals surface area contributed by atoms with Gasteiger partial charge >= 0.3 is 0 Å². The van der Waals surface area contributed by atoms with E-state index in [1.54, 1.807) is 0 Å². The Bertz CT molecular complexity index is 550. The molecule has 0 fully saturated rings. The van der Waals surface area contributed by atoms with E-state index in [0.717, 1.165) is 11.1 Å². The van der Waals surface area contributed by atoms with Crippen LogP contribution < -0.4 is 5.32 Å². The summed E-state index contributed by atoms with van der Waals surface area (Å²) in [6.07, 6.45) is 0. The van der Waals surface area contributed by atoms with E-state index in [4.69, 9.17) is 0 Å². The molecule has 18 heavy (non-hydrogen) atoms. The number of nitrogens with one attached hydrogen (secondary N) is 2.